The zero-order valence-electron chi connectivity index (χ0n) is 21.2. The van der Waals surface area contributed by atoms with Gasteiger partial charge in [0.1, 0.15) is 18.0 Å². The van der Waals surface area contributed by atoms with E-state index in [1.54, 1.807) is 31.6 Å². The lowest BCUT2D eigenvalue weighted by Gasteiger charge is -2.38. The van der Waals surface area contributed by atoms with Crippen LogP contribution in [0.25, 0.3) is 11.3 Å². The number of rotatable bonds is 10. The lowest BCUT2D eigenvalue weighted by Crippen LogP contribution is -2.45. The zero-order valence-corrected chi connectivity index (χ0v) is 21.2. The molecule has 1 amide bonds. The Hall–Kier alpha value is -3.63. The summed E-state index contributed by atoms with van der Waals surface area (Å²) >= 11 is 0. The fourth-order valence-corrected chi connectivity index (χ4v) is 4.75. The number of pyridine rings is 1. The van der Waals surface area contributed by atoms with Crippen molar-refractivity contribution in [2.45, 2.75) is 31.3 Å². The van der Waals surface area contributed by atoms with Crippen LogP contribution >= 0.6 is 0 Å². The Morgan fingerprint density at radius 1 is 1.30 bits per heavy atom. The number of benzene rings is 1. The molecule has 0 spiro atoms. The monoisotopic (exact) mass is 510 g/mol. The molecular weight excluding hydrogens is 479 g/mol. The third-order valence-corrected chi connectivity index (χ3v) is 6.94. The third kappa shape index (κ3) is 4.86. The van der Waals surface area contributed by atoms with E-state index in [0.29, 0.717) is 66.7 Å². The van der Waals surface area contributed by atoms with Gasteiger partial charge in [-0.05, 0) is 31.5 Å². The molecule has 0 bridgehead atoms. The molecule has 37 heavy (non-hydrogen) atoms. The number of halogens is 1. The van der Waals surface area contributed by atoms with Crippen molar-refractivity contribution in [1.29, 1.82) is 0 Å². The van der Waals surface area contributed by atoms with E-state index in [9.17, 15) is 9.18 Å². The highest BCUT2D eigenvalue weighted by atomic mass is 19.1. The predicted octanol–water partition coefficient (Wildman–Crippen LogP) is 4.39. The van der Waals surface area contributed by atoms with E-state index in [1.807, 2.05) is 13.0 Å². The number of aromatic nitrogens is 2. The quantitative estimate of drug-likeness (QED) is 0.371. The number of nitrogens with one attached hydrogen (secondary N) is 3. The molecule has 1 aromatic carbocycles. The summed E-state index contributed by atoms with van der Waals surface area (Å²) < 4.78 is 37.0. The van der Waals surface area contributed by atoms with Crippen LogP contribution in [0, 0.1) is 5.82 Å². The number of carbonyl (C=O) groups excluding carboxylic acids is 1. The molecule has 2 aliphatic heterocycles. The van der Waals surface area contributed by atoms with E-state index in [1.165, 1.54) is 13.2 Å². The number of amides is 1. The van der Waals surface area contributed by atoms with Gasteiger partial charge in [0.05, 0.1) is 42.5 Å². The van der Waals surface area contributed by atoms with Gasteiger partial charge in [-0.3, -0.25) is 9.78 Å². The molecule has 9 nitrogen and oxygen atoms in total. The predicted molar refractivity (Wildman–Crippen MR) is 136 cm³/mol. The highest BCUT2D eigenvalue weighted by Gasteiger charge is 2.36. The minimum atomic E-state index is -0.512. The molecule has 1 fully saturated rings. The largest absolute Gasteiger partial charge is 0.492 e. The fourth-order valence-electron chi connectivity index (χ4n) is 4.75. The molecule has 0 saturated carbocycles. The number of H-pyrrole nitrogens is 1. The second kappa shape index (κ2) is 10.4. The highest BCUT2D eigenvalue weighted by Crippen LogP contribution is 2.44. The Morgan fingerprint density at radius 2 is 2.14 bits per heavy atom. The SMILES string of the molecule is COCCC1CNC(=O)c2c1[nH]c(-c1ccncc1OCC1(C)CCO1)c2Nc1cccc(F)c1OC. The van der Waals surface area contributed by atoms with Crippen molar-refractivity contribution in [2.24, 2.45) is 0 Å². The van der Waals surface area contributed by atoms with E-state index >= 15 is 0 Å². The summed E-state index contributed by atoms with van der Waals surface area (Å²) in [6.07, 6.45) is 4.93. The van der Waals surface area contributed by atoms with Gasteiger partial charge in [-0.15, -0.1) is 0 Å². The van der Waals surface area contributed by atoms with Crippen molar-refractivity contribution in [3.8, 4) is 22.8 Å². The van der Waals surface area contributed by atoms with Crippen LogP contribution in [0.4, 0.5) is 15.8 Å². The Labute approximate surface area is 214 Å². The Morgan fingerprint density at radius 3 is 2.86 bits per heavy atom. The Balaban J connectivity index is 1.62. The van der Waals surface area contributed by atoms with Crippen molar-refractivity contribution in [3.05, 3.63) is 53.7 Å². The first kappa shape index (κ1) is 25.0. The second-order valence-electron chi connectivity index (χ2n) is 9.51. The fraction of sp³-hybridized carbons (Fsp3) is 0.407. The van der Waals surface area contributed by atoms with Crippen LogP contribution < -0.4 is 20.1 Å². The van der Waals surface area contributed by atoms with Crippen molar-refractivity contribution in [1.82, 2.24) is 15.3 Å². The molecule has 3 N–H and O–H groups in total. The number of fused-ring (bicyclic) bond motifs is 1. The van der Waals surface area contributed by atoms with Crippen LogP contribution in [0.15, 0.2) is 36.7 Å². The number of nitrogens with zero attached hydrogens (tertiary/aromatic N) is 1. The van der Waals surface area contributed by atoms with Gasteiger partial charge in [-0.1, -0.05) is 6.07 Å². The smallest absolute Gasteiger partial charge is 0.255 e. The molecule has 0 aliphatic carbocycles. The number of carbonyl (C=O) groups is 1. The summed E-state index contributed by atoms with van der Waals surface area (Å²) in [5.74, 6) is -0.138. The number of anilines is 2. The number of hydrogen-bond acceptors (Lipinski definition) is 7. The molecule has 196 valence electrons. The van der Waals surface area contributed by atoms with Gasteiger partial charge in [0.25, 0.3) is 5.91 Å². The standard InChI is InChI=1S/C27H31FN4O5/c1-27(9-12-37-27)15-36-20-14-29-10-7-17(20)23-24(31-19-6-4-5-18(28)25(19)35-3)21-22(32-23)16(8-11-34-2)13-30-26(21)33/h4-7,10,14,16,31-32H,8-9,11-13,15H2,1-3H3,(H,30,33). The van der Waals surface area contributed by atoms with Crippen LogP contribution in [0.3, 0.4) is 0 Å². The van der Waals surface area contributed by atoms with Crippen LogP contribution in [0.2, 0.25) is 0 Å². The van der Waals surface area contributed by atoms with Gasteiger partial charge in [-0.2, -0.15) is 0 Å². The summed E-state index contributed by atoms with van der Waals surface area (Å²) in [5.41, 5.74) is 3.14. The minimum absolute atomic E-state index is 0.00449. The van der Waals surface area contributed by atoms with Gasteiger partial charge < -0.3 is 34.6 Å². The van der Waals surface area contributed by atoms with Crippen molar-refractivity contribution in [3.63, 3.8) is 0 Å². The molecule has 5 rings (SSSR count). The molecule has 4 heterocycles. The summed E-state index contributed by atoms with van der Waals surface area (Å²) in [4.78, 5) is 21.0. The maximum Gasteiger partial charge on any atom is 0.255 e. The molecule has 10 heteroatoms. The molecule has 3 aromatic rings. The average Bonchev–Trinajstić information content (AvgIpc) is 3.26. The van der Waals surface area contributed by atoms with Crippen molar-refractivity contribution in [2.75, 3.05) is 45.9 Å². The maximum absolute atomic E-state index is 14.5. The van der Waals surface area contributed by atoms with E-state index in [4.69, 9.17) is 18.9 Å². The number of para-hydroxylation sites is 1. The topological polar surface area (TPSA) is 107 Å². The first-order valence-electron chi connectivity index (χ1n) is 12.3. The maximum atomic E-state index is 14.5. The van der Waals surface area contributed by atoms with Gasteiger partial charge in [0, 0.05) is 50.1 Å². The molecular formula is C27H31FN4O5. The number of aromatic amines is 1. The van der Waals surface area contributed by atoms with Gasteiger partial charge in [0.2, 0.25) is 0 Å². The molecule has 0 radical (unpaired) electrons. The Kier molecular flexibility index (Phi) is 7.03. The van der Waals surface area contributed by atoms with E-state index in [2.05, 4.69) is 20.6 Å². The van der Waals surface area contributed by atoms with Crippen LogP contribution in [-0.4, -0.2) is 62.1 Å². The van der Waals surface area contributed by atoms with E-state index in [-0.39, 0.29) is 23.2 Å². The number of methoxy groups -OCH3 is 2. The van der Waals surface area contributed by atoms with Crippen molar-refractivity contribution < 1.29 is 28.1 Å². The molecule has 2 unspecified atom stereocenters. The third-order valence-electron chi connectivity index (χ3n) is 6.94. The van der Waals surface area contributed by atoms with Crippen LogP contribution in [0.1, 0.15) is 41.7 Å². The first-order chi connectivity index (χ1) is 17.9. The highest BCUT2D eigenvalue weighted by molar-refractivity contribution is 6.07. The summed E-state index contributed by atoms with van der Waals surface area (Å²) in [6, 6.07) is 6.43. The van der Waals surface area contributed by atoms with E-state index in [0.717, 1.165) is 12.1 Å². The Bertz CT molecular complexity index is 1290. The lowest BCUT2D eigenvalue weighted by molar-refractivity contribution is -0.152. The second-order valence-corrected chi connectivity index (χ2v) is 9.51. The van der Waals surface area contributed by atoms with Crippen molar-refractivity contribution >= 4 is 17.3 Å². The summed E-state index contributed by atoms with van der Waals surface area (Å²) in [7, 11) is 3.06. The van der Waals surface area contributed by atoms with Gasteiger partial charge in [0.15, 0.2) is 11.6 Å². The van der Waals surface area contributed by atoms with Crippen LogP contribution in [-0.2, 0) is 9.47 Å². The first-order valence-corrected chi connectivity index (χ1v) is 12.3. The number of ether oxygens (including phenoxy) is 4. The zero-order chi connectivity index (χ0) is 26.0. The molecule has 2 atom stereocenters. The van der Waals surface area contributed by atoms with Gasteiger partial charge in [-0.25, -0.2) is 4.39 Å². The molecule has 2 aliphatic rings. The van der Waals surface area contributed by atoms with Gasteiger partial charge >= 0.3 is 0 Å². The number of hydrogen-bond donors (Lipinski definition) is 3. The van der Waals surface area contributed by atoms with Crippen LogP contribution in [0.5, 0.6) is 11.5 Å². The summed E-state index contributed by atoms with van der Waals surface area (Å²) in [6.45, 7) is 4.10. The average molecular weight is 511 g/mol. The summed E-state index contributed by atoms with van der Waals surface area (Å²) in [5, 5.41) is 6.26. The molecule has 1 saturated heterocycles. The normalized spacial score (nSPS) is 20.5. The minimum Gasteiger partial charge on any atom is -0.492 e. The van der Waals surface area contributed by atoms with E-state index < -0.39 is 5.82 Å². The molecule has 2 aromatic heterocycles. The lowest BCUT2D eigenvalue weighted by atomic mass is 9.93.